The topological polar surface area (TPSA) is 23.6 Å². The van der Waals surface area contributed by atoms with Gasteiger partial charge in [0.25, 0.3) is 0 Å². The standard InChI is InChI=1S/C11H22N2O/c1-3-13(4-2)11(14)7-10-12-8-5-6-9-12/h3-10H2,1-2H3. The molecule has 3 heteroatoms. The lowest BCUT2D eigenvalue weighted by Gasteiger charge is -2.20. The van der Waals surface area contributed by atoms with Gasteiger partial charge in [-0.1, -0.05) is 0 Å². The first kappa shape index (κ1) is 11.5. The largest absolute Gasteiger partial charge is 0.343 e. The van der Waals surface area contributed by atoms with Crippen LogP contribution >= 0.6 is 0 Å². The van der Waals surface area contributed by atoms with Crippen molar-refractivity contribution >= 4 is 5.91 Å². The maximum atomic E-state index is 11.7. The van der Waals surface area contributed by atoms with Crippen molar-refractivity contribution in [3.05, 3.63) is 0 Å². The van der Waals surface area contributed by atoms with Crippen LogP contribution in [0.4, 0.5) is 0 Å². The molecule has 1 aliphatic heterocycles. The first-order valence-corrected chi connectivity index (χ1v) is 5.78. The van der Waals surface area contributed by atoms with Crippen molar-refractivity contribution in [2.75, 3.05) is 32.7 Å². The van der Waals surface area contributed by atoms with Crippen molar-refractivity contribution < 1.29 is 4.79 Å². The summed E-state index contributed by atoms with van der Waals surface area (Å²) in [6.45, 7) is 9.09. The van der Waals surface area contributed by atoms with Gasteiger partial charge in [-0.05, 0) is 39.8 Å². The Morgan fingerprint density at radius 2 is 1.79 bits per heavy atom. The van der Waals surface area contributed by atoms with Crippen LogP contribution in [-0.4, -0.2) is 48.4 Å². The molecular formula is C11H22N2O. The predicted octanol–water partition coefficient (Wildman–Crippen LogP) is 1.34. The van der Waals surface area contributed by atoms with Gasteiger partial charge in [-0.3, -0.25) is 4.79 Å². The monoisotopic (exact) mass is 198 g/mol. The molecule has 14 heavy (non-hydrogen) atoms. The normalized spacial score (nSPS) is 17.3. The second kappa shape index (κ2) is 6.02. The van der Waals surface area contributed by atoms with Crippen molar-refractivity contribution in [3.8, 4) is 0 Å². The second-order valence-electron chi connectivity index (χ2n) is 3.86. The van der Waals surface area contributed by atoms with Gasteiger partial charge < -0.3 is 9.80 Å². The quantitative estimate of drug-likeness (QED) is 0.665. The summed E-state index contributed by atoms with van der Waals surface area (Å²) in [5, 5.41) is 0. The van der Waals surface area contributed by atoms with Crippen LogP contribution in [0.15, 0.2) is 0 Å². The molecule has 1 fully saturated rings. The van der Waals surface area contributed by atoms with Gasteiger partial charge in [-0.25, -0.2) is 0 Å². The molecule has 1 amide bonds. The molecule has 1 rings (SSSR count). The van der Waals surface area contributed by atoms with E-state index >= 15 is 0 Å². The van der Waals surface area contributed by atoms with Gasteiger partial charge in [-0.15, -0.1) is 0 Å². The molecule has 3 nitrogen and oxygen atoms in total. The number of rotatable bonds is 5. The van der Waals surface area contributed by atoms with Crippen LogP contribution < -0.4 is 0 Å². The Kier molecular flexibility index (Phi) is 4.94. The van der Waals surface area contributed by atoms with Crippen LogP contribution in [0.2, 0.25) is 0 Å². The number of carbonyl (C=O) groups is 1. The first-order chi connectivity index (χ1) is 6.77. The fourth-order valence-electron chi connectivity index (χ4n) is 1.99. The Morgan fingerprint density at radius 3 is 2.29 bits per heavy atom. The summed E-state index contributed by atoms with van der Waals surface area (Å²) >= 11 is 0. The van der Waals surface area contributed by atoms with Crippen LogP contribution in [0.25, 0.3) is 0 Å². The van der Waals surface area contributed by atoms with E-state index in [1.807, 2.05) is 18.7 Å². The molecule has 0 aromatic carbocycles. The molecule has 0 spiro atoms. The van der Waals surface area contributed by atoms with Crippen LogP contribution in [0.3, 0.4) is 0 Å². The number of carbonyl (C=O) groups excluding carboxylic acids is 1. The highest BCUT2D eigenvalue weighted by Gasteiger charge is 2.14. The average molecular weight is 198 g/mol. The molecule has 0 aliphatic carbocycles. The van der Waals surface area contributed by atoms with Gasteiger partial charge in [0.05, 0.1) is 0 Å². The Bertz CT molecular complexity index is 172. The maximum Gasteiger partial charge on any atom is 0.223 e. The molecule has 0 radical (unpaired) electrons. The third-order valence-electron chi connectivity index (χ3n) is 2.96. The van der Waals surface area contributed by atoms with Crippen molar-refractivity contribution in [1.29, 1.82) is 0 Å². The van der Waals surface area contributed by atoms with E-state index in [2.05, 4.69) is 4.90 Å². The maximum absolute atomic E-state index is 11.7. The number of amides is 1. The third kappa shape index (κ3) is 3.29. The molecule has 0 bridgehead atoms. The van der Waals surface area contributed by atoms with Crippen LogP contribution in [0, 0.1) is 0 Å². The number of likely N-dealkylation sites (tertiary alicyclic amines) is 1. The minimum absolute atomic E-state index is 0.307. The Labute approximate surface area is 87.1 Å². The van der Waals surface area contributed by atoms with Crippen LogP contribution in [-0.2, 0) is 4.79 Å². The van der Waals surface area contributed by atoms with Gasteiger partial charge in [0, 0.05) is 26.1 Å². The third-order valence-corrected chi connectivity index (χ3v) is 2.96. The fraction of sp³-hybridized carbons (Fsp3) is 0.909. The van der Waals surface area contributed by atoms with Crippen molar-refractivity contribution in [2.45, 2.75) is 33.1 Å². The molecule has 0 aromatic rings. The summed E-state index contributed by atoms with van der Waals surface area (Å²) in [6, 6.07) is 0. The van der Waals surface area contributed by atoms with E-state index < -0.39 is 0 Å². The van der Waals surface area contributed by atoms with E-state index in [1.54, 1.807) is 0 Å². The Hall–Kier alpha value is -0.570. The van der Waals surface area contributed by atoms with Crippen molar-refractivity contribution in [2.24, 2.45) is 0 Å². The van der Waals surface area contributed by atoms with E-state index in [9.17, 15) is 4.79 Å². The molecular weight excluding hydrogens is 176 g/mol. The highest BCUT2D eigenvalue weighted by Crippen LogP contribution is 2.08. The molecule has 82 valence electrons. The zero-order chi connectivity index (χ0) is 10.4. The van der Waals surface area contributed by atoms with E-state index in [4.69, 9.17) is 0 Å². The number of hydrogen-bond donors (Lipinski definition) is 0. The summed E-state index contributed by atoms with van der Waals surface area (Å²) < 4.78 is 0. The molecule has 1 heterocycles. The molecule has 0 saturated carbocycles. The molecule has 1 saturated heterocycles. The van der Waals surface area contributed by atoms with Gasteiger partial charge in [0.1, 0.15) is 0 Å². The molecule has 0 N–H and O–H groups in total. The van der Waals surface area contributed by atoms with Crippen molar-refractivity contribution in [3.63, 3.8) is 0 Å². The SMILES string of the molecule is CCN(CC)C(=O)CCN1CCCC1. The smallest absolute Gasteiger partial charge is 0.223 e. The Morgan fingerprint density at radius 1 is 1.21 bits per heavy atom. The summed E-state index contributed by atoms with van der Waals surface area (Å²) in [4.78, 5) is 16.0. The first-order valence-electron chi connectivity index (χ1n) is 5.78. The molecule has 1 aliphatic rings. The van der Waals surface area contributed by atoms with Crippen LogP contribution in [0.1, 0.15) is 33.1 Å². The number of hydrogen-bond acceptors (Lipinski definition) is 2. The summed E-state index contributed by atoms with van der Waals surface area (Å²) in [5.41, 5.74) is 0. The van der Waals surface area contributed by atoms with Gasteiger partial charge in [0.15, 0.2) is 0 Å². The highest BCUT2D eigenvalue weighted by atomic mass is 16.2. The number of nitrogens with zero attached hydrogens (tertiary/aromatic N) is 2. The van der Waals surface area contributed by atoms with Crippen LogP contribution in [0.5, 0.6) is 0 Å². The lowest BCUT2D eigenvalue weighted by Crippen LogP contribution is -2.33. The summed E-state index contributed by atoms with van der Waals surface area (Å²) in [5.74, 6) is 0.307. The molecule has 0 unspecified atom stereocenters. The van der Waals surface area contributed by atoms with E-state index in [0.717, 1.165) is 19.6 Å². The lowest BCUT2D eigenvalue weighted by atomic mass is 10.3. The van der Waals surface area contributed by atoms with Crippen molar-refractivity contribution in [1.82, 2.24) is 9.80 Å². The van der Waals surface area contributed by atoms with Gasteiger partial charge in [-0.2, -0.15) is 0 Å². The minimum atomic E-state index is 0.307. The zero-order valence-corrected chi connectivity index (χ0v) is 9.46. The van der Waals surface area contributed by atoms with E-state index in [1.165, 1.54) is 25.9 Å². The van der Waals surface area contributed by atoms with E-state index in [-0.39, 0.29) is 0 Å². The zero-order valence-electron chi connectivity index (χ0n) is 9.46. The minimum Gasteiger partial charge on any atom is -0.343 e. The fourth-order valence-corrected chi connectivity index (χ4v) is 1.99. The average Bonchev–Trinajstić information content (AvgIpc) is 2.69. The van der Waals surface area contributed by atoms with E-state index in [0.29, 0.717) is 12.3 Å². The Balaban J connectivity index is 2.18. The second-order valence-corrected chi connectivity index (χ2v) is 3.86. The van der Waals surface area contributed by atoms with Gasteiger partial charge in [0.2, 0.25) is 5.91 Å². The highest BCUT2D eigenvalue weighted by molar-refractivity contribution is 5.76. The predicted molar refractivity (Wildman–Crippen MR) is 58.2 cm³/mol. The summed E-state index contributed by atoms with van der Waals surface area (Å²) in [7, 11) is 0. The lowest BCUT2D eigenvalue weighted by molar-refractivity contribution is -0.131. The summed E-state index contributed by atoms with van der Waals surface area (Å²) in [6.07, 6.45) is 3.31. The van der Waals surface area contributed by atoms with Gasteiger partial charge >= 0.3 is 0 Å². The molecule has 0 atom stereocenters. The molecule has 0 aromatic heterocycles.